The van der Waals surface area contributed by atoms with Gasteiger partial charge in [-0.1, -0.05) is 6.42 Å². The maximum absolute atomic E-state index is 12.4. The minimum absolute atomic E-state index is 0.00399. The lowest BCUT2D eigenvalue weighted by Crippen LogP contribution is -2.42. The van der Waals surface area contributed by atoms with Gasteiger partial charge in [0.05, 0.1) is 6.10 Å². The predicted molar refractivity (Wildman–Crippen MR) is 99.0 cm³/mol. The van der Waals surface area contributed by atoms with Gasteiger partial charge in [-0.15, -0.1) is 0 Å². The highest BCUT2D eigenvalue weighted by atomic mass is 16.5. The van der Waals surface area contributed by atoms with Crippen LogP contribution < -0.4 is 10.2 Å². The molecule has 1 aromatic rings. The Morgan fingerprint density at radius 1 is 1.28 bits per heavy atom. The van der Waals surface area contributed by atoms with Crippen LogP contribution in [-0.4, -0.2) is 50.5 Å². The number of aliphatic hydroxyl groups excluding tert-OH is 1. The number of ether oxygens (including phenoxy) is 1. The van der Waals surface area contributed by atoms with Gasteiger partial charge in [0.15, 0.2) is 0 Å². The van der Waals surface area contributed by atoms with Gasteiger partial charge < -0.3 is 20.1 Å². The molecular formula is C20H30N2O3. The summed E-state index contributed by atoms with van der Waals surface area (Å²) >= 11 is 0. The Labute approximate surface area is 150 Å². The van der Waals surface area contributed by atoms with E-state index in [4.69, 9.17) is 4.74 Å². The van der Waals surface area contributed by atoms with E-state index in [1.807, 2.05) is 24.3 Å². The average molecular weight is 346 g/mol. The van der Waals surface area contributed by atoms with Crippen molar-refractivity contribution in [2.75, 3.05) is 38.3 Å². The van der Waals surface area contributed by atoms with Gasteiger partial charge in [-0.2, -0.15) is 0 Å². The van der Waals surface area contributed by atoms with Gasteiger partial charge in [-0.25, -0.2) is 0 Å². The number of nitrogens with one attached hydrogen (secondary N) is 1. The zero-order chi connectivity index (χ0) is 17.7. The lowest BCUT2D eigenvalue weighted by molar-refractivity contribution is 0.0631. The van der Waals surface area contributed by atoms with Crippen molar-refractivity contribution in [2.45, 2.75) is 44.6 Å². The monoisotopic (exact) mass is 346 g/mol. The standard InChI is InChI=1S/C20H30N2O3/c1-25-14-11-20(9-2-10-20)15-21-19(24)16-3-5-17(6-4-16)22-12-7-18(23)8-13-22/h3-6,18,23H,2,7-15H2,1H3,(H,21,24). The number of carbonyl (C=O) groups is 1. The second-order valence-electron chi connectivity index (χ2n) is 7.54. The minimum atomic E-state index is -0.168. The first-order valence-electron chi connectivity index (χ1n) is 9.42. The van der Waals surface area contributed by atoms with Gasteiger partial charge in [0, 0.05) is 44.6 Å². The Balaban J connectivity index is 1.52. The van der Waals surface area contributed by atoms with Crippen molar-refractivity contribution < 1.29 is 14.6 Å². The predicted octanol–water partition coefficient (Wildman–Crippen LogP) is 2.58. The Bertz CT molecular complexity index is 561. The molecule has 0 aromatic heterocycles. The van der Waals surface area contributed by atoms with Crippen molar-refractivity contribution in [3.05, 3.63) is 29.8 Å². The van der Waals surface area contributed by atoms with Gasteiger partial charge in [0.25, 0.3) is 5.91 Å². The highest BCUT2D eigenvalue weighted by molar-refractivity contribution is 5.94. The minimum Gasteiger partial charge on any atom is -0.393 e. The summed E-state index contributed by atoms with van der Waals surface area (Å²) in [5.74, 6) is 0.00399. The maximum atomic E-state index is 12.4. The van der Waals surface area contributed by atoms with Gasteiger partial charge >= 0.3 is 0 Å². The number of rotatable bonds is 7. The second-order valence-corrected chi connectivity index (χ2v) is 7.54. The number of nitrogens with zero attached hydrogens (tertiary/aromatic N) is 1. The Morgan fingerprint density at radius 3 is 2.52 bits per heavy atom. The highest BCUT2D eigenvalue weighted by Gasteiger charge is 2.36. The molecule has 5 heteroatoms. The molecule has 3 rings (SSSR count). The topological polar surface area (TPSA) is 61.8 Å². The number of benzene rings is 1. The molecule has 0 radical (unpaired) electrons. The number of hydrogen-bond acceptors (Lipinski definition) is 4. The van der Waals surface area contributed by atoms with Crippen LogP contribution >= 0.6 is 0 Å². The van der Waals surface area contributed by atoms with Crippen LogP contribution in [0.3, 0.4) is 0 Å². The van der Waals surface area contributed by atoms with E-state index in [0.717, 1.165) is 51.2 Å². The summed E-state index contributed by atoms with van der Waals surface area (Å²) < 4.78 is 5.21. The molecule has 1 aromatic carbocycles. The first-order chi connectivity index (χ1) is 12.1. The summed E-state index contributed by atoms with van der Waals surface area (Å²) in [5.41, 5.74) is 2.07. The van der Waals surface area contributed by atoms with Crippen LogP contribution in [0, 0.1) is 5.41 Å². The van der Waals surface area contributed by atoms with E-state index in [2.05, 4.69) is 10.2 Å². The average Bonchev–Trinajstić information content (AvgIpc) is 2.61. The van der Waals surface area contributed by atoms with E-state index < -0.39 is 0 Å². The fourth-order valence-electron chi connectivity index (χ4n) is 3.83. The number of aliphatic hydroxyl groups is 1. The van der Waals surface area contributed by atoms with Crippen molar-refractivity contribution in [3.63, 3.8) is 0 Å². The number of piperidine rings is 1. The van der Waals surface area contributed by atoms with Crippen LogP contribution in [0.15, 0.2) is 24.3 Å². The summed E-state index contributed by atoms with van der Waals surface area (Å²) in [7, 11) is 1.73. The zero-order valence-electron chi connectivity index (χ0n) is 15.2. The van der Waals surface area contributed by atoms with E-state index in [1.165, 1.54) is 19.3 Å². The molecule has 1 amide bonds. The largest absolute Gasteiger partial charge is 0.393 e. The highest BCUT2D eigenvalue weighted by Crippen LogP contribution is 2.43. The molecular weight excluding hydrogens is 316 g/mol. The van der Waals surface area contributed by atoms with E-state index in [9.17, 15) is 9.90 Å². The zero-order valence-corrected chi connectivity index (χ0v) is 15.2. The molecule has 1 aliphatic heterocycles. The van der Waals surface area contributed by atoms with Gasteiger partial charge in [0.1, 0.15) is 0 Å². The summed E-state index contributed by atoms with van der Waals surface area (Å²) in [6, 6.07) is 7.82. The fourth-order valence-corrected chi connectivity index (χ4v) is 3.83. The van der Waals surface area contributed by atoms with Crippen LogP contribution in [0.25, 0.3) is 0 Å². The van der Waals surface area contributed by atoms with Crippen molar-refractivity contribution in [2.24, 2.45) is 5.41 Å². The maximum Gasteiger partial charge on any atom is 0.251 e. The van der Waals surface area contributed by atoms with Crippen molar-refractivity contribution in [3.8, 4) is 0 Å². The second kappa shape index (κ2) is 8.19. The quantitative estimate of drug-likeness (QED) is 0.797. The molecule has 0 spiro atoms. The molecule has 2 N–H and O–H groups in total. The van der Waals surface area contributed by atoms with Crippen LogP contribution in [0.2, 0.25) is 0 Å². The molecule has 138 valence electrons. The van der Waals surface area contributed by atoms with E-state index in [1.54, 1.807) is 7.11 Å². The van der Waals surface area contributed by atoms with Crippen molar-refractivity contribution in [1.29, 1.82) is 0 Å². The van der Waals surface area contributed by atoms with Crippen LogP contribution in [0.4, 0.5) is 5.69 Å². The molecule has 1 heterocycles. The molecule has 1 aliphatic carbocycles. The Kier molecular flexibility index (Phi) is 5.97. The molecule has 1 saturated heterocycles. The van der Waals surface area contributed by atoms with Crippen LogP contribution in [0.1, 0.15) is 48.9 Å². The lowest BCUT2D eigenvalue weighted by atomic mass is 9.66. The Morgan fingerprint density at radius 2 is 1.96 bits per heavy atom. The normalized spacial score (nSPS) is 20.2. The first-order valence-corrected chi connectivity index (χ1v) is 9.42. The molecule has 2 aliphatic rings. The summed E-state index contributed by atoms with van der Waals surface area (Å²) in [6.07, 6.45) is 6.07. The fraction of sp³-hybridized carbons (Fsp3) is 0.650. The summed E-state index contributed by atoms with van der Waals surface area (Å²) in [6.45, 7) is 3.24. The molecule has 0 atom stereocenters. The van der Waals surface area contributed by atoms with Crippen molar-refractivity contribution >= 4 is 11.6 Å². The lowest BCUT2D eigenvalue weighted by Gasteiger charge is -2.42. The number of amides is 1. The summed E-state index contributed by atoms with van der Waals surface area (Å²) in [4.78, 5) is 14.7. The third-order valence-corrected chi connectivity index (χ3v) is 5.83. The van der Waals surface area contributed by atoms with Gasteiger partial charge in [-0.05, 0) is 61.8 Å². The van der Waals surface area contributed by atoms with E-state index >= 15 is 0 Å². The van der Waals surface area contributed by atoms with Crippen molar-refractivity contribution in [1.82, 2.24) is 5.32 Å². The molecule has 25 heavy (non-hydrogen) atoms. The van der Waals surface area contributed by atoms with Gasteiger partial charge in [0.2, 0.25) is 0 Å². The van der Waals surface area contributed by atoms with Crippen LogP contribution in [0.5, 0.6) is 0 Å². The molecule has 1 saturated carbocycles. The third-order valence-electron chi connectivity index (χ3n) is 5.83. The number of anilines is 1. The molecule has 5 nitrogen and oxygen atoms in total. The molecule has 2 fully saturated rings. The SMILES string of the molecule is COCCC1(CNC(=O)c2ccc(N3CCC(O)CC3)cc2)CCC1. The Hall–Kier alpha value is -1.59. The van der Waals surface area contributed by atoms with E-state index in [-0.39, 0.29) is 17.4 Å². The number of carbonyl (C=O) groups excluding carboxylic acids is 1. The summed E-state index contributed by atoms with van der Waals surface area (Å²) in [5, 5.41) is 12.7. The third kappa shape index (κ3) is 4.53. The smallest absolute Gasteiger partial charge is 0.251 e. The van der Waals surface area contributed by atoms with Gasteiger partial charge in [-0.3, -0.25) is 4.79 Å². The number of methoxy groups -OCH3 is 1. The number of hydrogen-bond donors (Lipinski definition) is 2. The molecule has 0 unspecified atom stereocenters. The van der Waals surface area contributed by atoms with E-state index in [0.29, 0.717) is 5.56 Å². The van der Waals surface area contributed by atoms with Crippen LogP contribution in [-0.2, 0) is 4.74 Å². The molecule has 0 bridgehead atoms. The first kappa shape index (κ1) is 18.2.